The number of hydrogen-bond acceptors (Lipinski definition) is 4. The highest BCUT2D eigenvalue weighted by atomic mass is 35.5. The molecule has 1 heterocycles. The van der Waals surface area contributed by atoms with Crippen LogP contribution in [0.5, 0.6) is 0 Å². The zero-order valence-corrected chi connectivity index (χ0v) is 12.1. The zero-order valence-electron chi connectivity index (χ0n) is 10.5. The Bertz CT molecular complexity index is 410. The molecule has 1 amide bonds. The van der Waals surface area contributed by atoms with E-state index in [1.165, 1.54) is 6.42 Å². The third-order valence-electron chi connectivity index (χ3n) is 3.34. The Morgan fingerprint density at radius 2 is 2.22 bits per heavy atom. The van der Waals surface area contributed by atoms with E-state index >= 15 is 0 Å². The van der Waals surface area contributed by atoms with Crippen LogP contribution in [0.15, 0.2) is 0 Å². The van der Waals surface area contributed by atoms with Gasteiger partial charge in [-0.3, -0.25) is 4.79 Å². The van der Waals surface area contributed by atoms with Crippen molar-refractivity contribution in [1.29, 1.82) is 0 Å². The number of nitrogens with zero attached hydrogens (tertiary/aromatic N) is 2. The number of carbonyl (C=O) groups excluding carboxylic acids is 1. The summed E-state index contributed by atoms with van der Waals surface area (Å²) in [6.45, 7) is 1.98. The number of rotatable bonds is 3. The molecular formula is C12H18ClN3OS. The van der Waals surface area contributed by atoms with Gasteiger partial charge in [0.1, 0.15) is 4.88 Å². The van der Waals surface area contributed by atoms with Crippen molar-refractivity contribution in [3.63, 3.8) is 0 Å². The van der Waals surface area contributed by atoms with E-state index in [0.29, 0.717) is 4.88 Å². The van der Waals surface area contributed by atoms with Crippen molar-refractivity contribution < 1.29 is 4.79 Å². The monoisotopic (exact) mass is 287 g/mol. The molecule has 1 aliphatic carbocycles. The lowest BCUT2D eigenvalue weighted by Gasteiger charge is -2.20. The Morgan fingerprint density at radius 3 is 3.00 bits per heavy atom. The number of nitrogens with one attached hydrogen (secondary N) is 1. The van der Waals surface area contributed by atoms with Crippen molar-refractivity contribution in [1.82, 2.24) is 14.9 Å². The van der Waals surface area contributed by atoms with Gasteiger partial charge in [-0.25, -0.2) is 0 Å². The van der Waals surface area contributed by atoms with E-state index in [0.717, 1.165) is 49.3 Å². The van der Waals surface area contributed by atoms with Gasteiger partial charge in [0.15, 0.2) is 0 Å². The van der Waals surface area contributed by atoms with Crippen LogP contribution in [0.25, 0.3) is 0 Å². The van der Waals surface area contributed by atoms with Crippen LogP contribution in [-0.2, 0) is 6.42 Å². The summed E-state index contributed by atoms with van der Waals surface area (Å²) in [6.07, 6.45) is 6.17. The van der Waals surface area contributed by atoms with Gasteiger partial charge in [-0.05, 0) is 30.8 Å². The van der Waals surface area contributed by atoms with Crippen molar-refractivity contribution >= 4 is 29.0 Å². The fraction of sp³-hybridized carbons (Fsp3) is 0.750. The van der Waals surface area contributed by atoms with Crippen LogP contribution in [0.2, 0.25) is 0 Å². The lowest BCUT2D eigenvalue weighted by Crippen LogP contribution is -2.40. The van der Waals surface area contributed by atoms with Crippen molar-refractivity contribution in [2.75, 3.05) is 0 Å². The average molecular weight is 288 g/mol. The van der Waals surface area contributed by atoms with Gasteiger partial charge in [-0.1, -0.05) is 30.7 Å². The Morgan fingerprint density at radius 1 is 1.44 bits per heavy atom. The highest BCUT2D eigenvalue weighted by Crippen LogP contribution is 2.23. The number of aromatic nitrogens is 2. The van der Waals surface area contributed by atoms with Crippen molar-refractivity contribution in [2.45, 2.75) is 56.9 Å². The van der Waals surface area contributed by atoms with Gasteiger partial charge in [0.05, 0.1) is 11.1 Å². The highest BCUT2D eigenvalue weighted by Gasteiger charge is 2.25. The number of carbonyl (C=O) groups is 1. The number of alkyl halides is 1. The second-order valence-corrected chi connectivity index (χ2v) is 5.95. The predicted octanol–water partition coefficient (Wildman–Crippen LogP) is 2.77. The summed E-state index contributed by atoms with van der Waals surface area (Å²) in [6, 6.07) is 0.0773. The summed E-state index contributed by atoms with van der Waals surface area (Å²) in [7, 11) is 0. The molecule has 1 N–H and O–H groups in total. The molecule has 100 valence electrons. The van der Waals surface area contributed by atoms with E-state index in [-0.39, 0.29) is 17.3 Å². The average Bonchev–Trinajstić information content (AvgIpc) is 2.76. The molecule has 18 heavy (non-hydrogen) atoms. The smallest absolute Gasteiger partial charge is 0.265 e. The molecule has 4 nitrogen and oxygen atoms in total. The molecule has 0 bridgehead atoms. The second-order valence-electron chi connectivity index (χ2n) is 4.64. The van der Waals surface area contributed by atoms with Crippen molar-refractivity contribution in [3.8, 4) is 0 Å². The van der Waals surface area contributed by atoms with Crippen LogP contribution >= 0.6 is 23.1 Å². The summed E-state index contributed by atoms with van der Waals surface area (Å²) in [4.78, 5) is 12.8. The van der Waals surface area contributed by atoms with Crippen LogP contribution in [-0.4, -0.2) is 26.9 Å². The second kappa shape index (κ2) is 6.48. The summed E-state index contributed by atoms with van der Waals surface area (Å²) in [5, 5.41) is 7.05. The first kappa shape index (κ1) is 13.7. The third-order valence-corrected chi connectivity index (χ3v) is 4.63. The Hall–Kier alpha value is -0.680. The van der Waals surface area contributed by atoms with Crippen LogP contribution in [0.3, 0.4) is 0 Å². The normalized spacial score (nSPS) is 24.6. The van der Waals surface area contributed by atoms with E-state index in [1.807, 2.05) is 6.92 Å². The van der Waals surface area contributed by atoms with Gasteiger partial charge in [-0.2, -0.15) is 0 Å². The number of halogens is 1. The number of aryl methyl sites for hydroxylation is 1. The van der Waals surface area contributed by atoms with Gasteiger partial charge in [0, 0.05) is 6.04 Å². The molecule has 2 atom stereocenters. The Labute approximate surface area is 116 Å². The molecule has 1 aromatic rings. The van der Waals surface area contributed by atoms with E-state index in [2.05, 4.69) is 14.9 Å². The fourth-order valence-corrected chi connectivity index (χ4v) is 3.27. The first-order valence-corrected chi connectivity index (χ1v) is 7.69. The maximum atomic E-state index is 12.2. The van der Waals surface area contributed by atoms with Crippen LogP contribution in [0.1, 0.15) is 54.4 Å². The van der Waals surface area contributed by atoms with Crippen LogP contribution in [0.4, 0.5) is 0 Å². The lowest BCUT2D eigenvalue weighted by molar-refractivity contribution is 0.0937. The molecule has 0 aliphatic heterocycles. The summed E-state index contributed by atoms with van der Waals surface area (Å²) in [5.41, 5.74) is 0.775. The Kier molecular flexibility index (Phi) is 4.95. The zero-order chi connectivity index (χ0) is 13.0. The molecule has 2 rings (SSSR count). The Balaban J connectivity index is 2.01. The van der Waals surface area contributed by atoms with Gasteiger partial charge >= 0.3 is 0 Å². The van der Waals surface area contributed by atoms with Gasteiger partial charge in [0.25, 0.3) is 5.91 Å². The van der Waals surface area contributed by atoms with E-state index in [9.17, 15) is 4.79 Å². The molecular weight excluding hydrogens is 270 g/mol. The molecule has 6 heteroatoms. The summed E-state index contributed by atoms with van der Waals surface area (Å²) in [5.74, 6) is -0.0700. The van der Waals surface area contributed by atoms with Crippen LogP contribution in [0, 0.1) is 0 Å². The summed E-state index contributed by atoms with van der Waals surface area (Å²) >= 11 is 7.48. The molecule has 1 aliphatic rings. The molecule has 0 spiro atoms. The fourth-order valence-electron chi connectivity index (χ4n) is 2.27. The van der Waals surface area contributed by atoms with Gasteiger partial charge < -0.3 is 5.32 Å². The first-order valence-electron chi connectivity index (χ1n) is 6.48. The largest absolute Gasteiger partial charge is 0.347 e. The van der Waals surface area contributed by atoms with Crippen LogP contribution < -0.4 is 5.32 Å². The SMILES string of the molecule is CCc1nnsc1C(=O)NC1CCCCCC1Cl. The highest BCUT2D eigenvalue weighted by molar-refractivity contribution is 7.08. The topological polar surface area (TPSA) is 54.9 Å². The molecule has 0 saturated heterocycles. The standard InChI is InChI=1S/C12H18ClN3OS/c1-2-9-11(18-16-15-9)12(17)14-10-7-5-3-4-6-8(10)13/h8,10H,2-7H2,1H3,(H,14,17). The number of hydrogen-bond donors (Lipinski definition) is 1. The molecule has 0 radical (unpaired) electrons. The van der Waals surface area contributed by atoms with Gasteiger partial charge in [-0.15, -0.1) is 16.7 Å². The minimum absolute atomic E-state index is 0.0439. The lowest BCUT2D eigenvalue weighted by atomic mass is 10.1. The molecule has 1 fully saturated rings. The maximum Gasteiger partial charge on any atom is 0.265 e. The van der Waals surface area contributed by atoms with Crippen molar-refractivity contribution in [2.24, 2.45) is 0 Å². The first-order chi connectivity index (χ1) is 8.72. The van der Waals surface area contributed by atoms with E-state index in [4.69, 9.17) is 11.6 Å². The predicted molar refractivity (Wildman–Crippen MR) is 73.3 cm³/mol. The molecule has 2 unspecified atom stereocenters. The molecule has 0 aromatic carbocycles. The van der Waals surface area contributed by atoms with Crippen molar-refractivity contribution in [3.05, 3.63) is 10.6 Å². The quantitative estimate of drug-likeness (QED) is 0.687. The molecule has 1 aromatic heterocycles. The van der Waals surface area contributed by atoms with Gasteiger partial charge in [0.2, 0.25) is 0 Å². The number of amides is 1. The third kappa shape index (κ3) is 3.20. The molecule has 1 saturated carbocycles. The van der Waals surface area contributed by atoms with E-state index in [1.54, 1.807) is 0 Å². The van der Waals surface area contributed by atoms with E-state index < -0.39 is 0 Å². The minimum atomic E-state index is -0.0700. The maximum absolute atomic E-state index is 12.2. The summed E-state index contributed by atoms with van der Waals surface area (Å²) < 4.78 is 3.84. The minimum Gasteiger partial charge on any atom is -0.347 e.